The first-order valence-corrected chi connectivity index (χ1v) is 8.97. The summed E-state index contributed by atoms with van der Waals surface area (Å²) in [5, 5.41) is 2.71. The van der Waals surface area contributed by atoms with Gasteiger partial charge < -0.3 is 19.5 Å². The zero-order valence-corrected chi connectivity index (χ0v) is 15.1. The van der Waals surface area contributed by atoms with Crippen LogP contribution in [0.2, 0.25) is 0 Å². The van der Waals surface area contributed by atoms with Crippen LogP contribution in [-0.4, -0.2) is 44.8 Å². The Morgan fingerprint density at radius 1 is 0.917 bits per heavy atom. The number of alkyl halides is 1. The van der Waals surface area contributed by atoms with Crippen molar-refractivity contribution in [3.8, 4) is 5.75 Å². The summed E-state index contributed by atoms with van der Waals surface area (Å²) < 4.78 is 16.5. The minimum absolute atomic E-state index is 0.0884. The molecule has 0 saturated carbocycles. The number of ether oxygens (including phenoxy) is 3. The number of benzene rings is 1. The molecule has 0 heterocycles. The van der Waals surface area contributed by atoms with Crippen LogP contribution in [-0.2, 0) is 14.3 Å². The molecule has 24 heavy (non-hydrogen) atoms. The molecule has 0 spiro atoms. The largest absolute Gasteiger partial charge is 0.491 e. The van der Waals surface area contributed by atoms with Crippen molar-refractivity contribution in [3.63, 3.8) is 0 Å². The van der Waals surface area contributed by atoms with Crippen molar-refractivity contribution in [1.82, 2.24) is 0 Å². The van der Waals surface area contributed by atoms with Crippen molar-refractivity contribution in [1.29, 1.82) is 0 Å². The molecular formula is C18H28ClNO4. The van der Waals surface area contributed by atoms with E-state index in [0.717, 1.165) is 36.8 Å². The molecule has 1 amide bonds. The molecule has 0 unspecified atom stereocenters. The highest BCUT2D eigenvalue weighted by molar-refractivity contribution is 6.17. The lowest BCUT2D eigenvalue weighted by atomic mass is 10.2. The summed E-state index contributed by atoms with van der Waals surface area (Å²) in [5.74, 6) is 1.41. The Labute approximate surface area is 149 Å². The van der Waals surface area contributed by atoms with Gasteiger partial charge in [-0.05, 0) is 37.1 Å². The van der Waals surface area contributed by atoms with Gasteiger partial charge in [0, 0.05) is 25.1 Å². The number of amides is 1. The predicted molar refractivity (Wildman–Crippen MR) is 97.1 cm³/mol. The molecule has 0 radical (unpaired) electrons. The average molecular weight is 358 g/mol. The van der Waals surface area contributed by atoms with E-state index in [1.165, 1.54) is 19.8 Å². The molecule has 6 heteroatoms. The van der Waals surface area contributed by atoms with E-state index in [9.17, 15) is 4.79 Å². The molecule has 5 nitrogen and oxygen atoms in total. The van der Waals surface area contributed by atoms with Crippen molar-refractivity contribution in [2.24, 2.45) is 0 Å². The van der Waals surface area contributed by atoms with Crippen LogP contribution in [0, 0.1) is 0 Å². The number of carbonyl (C=O) groups excluding carboxylic acids is 1. The second-order valence-electron chi connectivity index (χ2n) is 5.38. The van der Waals surface area contributed by atoms with E-state index in [2.05, 4.69) is 5.32 Å². The summed E-state index contributed by atoms with van der Waals surface area (Å²) >= 11 is 5.62. The third kappa shape index (κ3) is 11.3. The summed E-state index contributed by atoms with van der Waals surface area (Å²) in [6, 6.07) is 7.24. The summed E-state index contributed by atoms with van der Waals surface area (Å²) in [7, 11) is 0. The van der Waals surface area contributed by atoms with Gasteiger partial charge in [0.05, 0.1) is 19.8 Å². The fourth-order valence-electron chi connectivity index (χ4n) is 2.03. The molecule has 1 aromatic rings. The van der Waals surface area contributed by atoms with E-state index in [4.69, 9.17) is 25.8 Å². The van der Waals surface area contributed by atoms with Gasteiger partial charge in [-0.3, -0.25) is 4.79 Å². The number of hydrogen-bond donors (Lipinski definition) is 1. The third-order valence-corrected chi connectivity index (χ3v) is 3.48. The first kappa shape index (κ1) is 20.7. The minimum Gasteiger partial charge on any atom is -0.491 e. The average Bonchev–Trinajstić information content (AvgIpc) is 2.57. The van der Waals surface area contributed by atoms with Crippen LogP contribution in [0.3, 0.4) is 0 Å². The van der Waals surface area contributed by atoms with E-state index in [-0.39, 0.29) is 5.91 Å². The maximum Gasteiger partial charge on any atom is 0.221 e. The summed E-state index contributed by atoms with van der Waals surface area (Å²) in [6.45, 7) is 4.45. The maximum atomic E-state index is 10.9. The Hall–Kier alpha value is -1.30. The standard InChI is InChI=1S/C18H28ClNO4/c1-16(21)20-17-6-8-18(9-7-17)24-15-14-23-13-12-22-11-5-3-2-4-10-19/h6-9H,2-5,10-15H2,1H3,(H,20,21). The fourth-order valence-corrected chi connectivity index (χ4v) is 2.22. The number of carbonyl (C=O) groups is 1. The molecule has 1 aromatic carbocycles. The number of rotatable bonds is 14. The van der Waals surface area contributed by atoms with Crippen LogP contribution >= 0.6 is 11.6 Å². The van der Waals surface area contributed by atoms with E-state index in [0.29, 0.717) is 26.4 Å². The molecule has 136 valence electrons. The van der Waals surface area contributed by atoms with Gasteiger partial charge in [-0.15, -0.1) is 11.6 Å². The lowest BCUT2D eigenvalue weighted by Gasteiger charge is -2.08. The number of nitrogens with one attached hydrogen (secondary N) is 1. The summed E-state index contributed by atoms with van der Waals surface area (Å²) in [5.41, 5.74) is 0.755. The van der Waals surface area contributed by atoms with Crippen molar-refractivity contribution >= 4 is 23.2 Å². The molecular weight excluding hydrogens is 330 g/mol. The molecule has 0 saturated heterocycles. The van der Waals surface area contributed by atoms with Crippen LogP contribution in [0.1, 0.15) is 32.6 Å². The highest BCUT2D eigenvalue weighted by Crippen LogP contribution is 2.15. The van der Waals surface area contributed by atoms with Crippen molar-refractivity contribution in [2.45, 2.75) is 32.6 Å². The fraction of sp³-hybridized carbons (Fsp3) is 0.611. The summed E-state index contributed by atoms with van der Waals surface area (Å²) in [4.78, 5) is 10.9. The zero-order valence-electron chi connectivity index (χ0n) is 14.4. The highest BCUT2D eigenvalue weighted by Gasteiger charge is 1.98. The molecule has 0 aliphatic heterocycles. The zero-order chi connectivity index (χ0) is 17.5. The predicted octanol–water partition coefficient (Wildman–Crippen LogP) is 3.86. The lowest BCUT2D eigenvalue weighted by molar-refractivity contribution is -0.114. The normalized spacial score (nSPS) is 10.6. The Bertz CT molecular complexity index is 439. The second-order valence-corrected chi connectivity index (χ2v) is 5.76. The maximum absolute atomic E-state index is 10.9. The molecule has 0 bridgehead atoms. The molecule has 0 aliphatic rings. The first-order chi connectivity index (χ1) is 11.7. The van der Waals surface area contributed by atoms with E-state index >= 15 is 0 Å². The lowest BCUT2D eigenvalue weighted by Crippen LogP contribution is -2.11. The molecule has 0 atom stereocenters. The Morgan fingerprint density at radius 3 is 2.21 bits per heavy atom. The molecule has 1 rings (SSSR count). The number of hydrogen-bond acceptors (Lipinski definition) is 4. The molecule has 0 fully saturated rings. The van der Waals surface area contributed by atoms with Gasteiger partial charge in [-0.1, -0.05) is 12.8 Å². The van der Waals surface area contributed by atoms with Crippen LogP contribution in [0.5, 0.6) is 5.75 Å². The van der Waals surface area contributed by atoms with Crippen LogP contribution in [0.4, 0.5) is 5.69 Å². The number of unbranched alkanes of at least 4 members (excludes halogenated alkanes) is 3. The van der Waals surface area contributed by atoms with Crippen molar-refractivity contribution < 1.29 is 19.0 Å². The van der Waals surface area contributed by atoms with E-state index in [1.807, 2.05) is 12.1 Å². The highest BCUT2D eigenvalue weighted by atomic mass is 35.5. The quantitative estimate of drug-likeness (QED) is 0.406. The monoisotopic (exact) mass is 357 g/mol. The number of halogens is 1. The van der Waals surface area contributed by atoms with Crippen LogP contribution in [0.25, 0.3) is 0 Å². The van der Waals surface area contributed by atoms with Crippen molar-refractivity contribution in [2.75, 3.05) is 44.2 Å². The van der Waals surface area contributed by atoms with Crippen molar-refractivity contribution in [3.05, 3.63) is 24.3 Å². The Kier molecular flexibility index (Phi) is 12.2. The van der Waals surface area contributed by atoms with Crippen LogP contribution in [0.15, 0.2) is 24.3 Å². The molecule has 1 N–H and O–H groups in total. The van der Waals surface area contributed by atoms with Gasteiger partial charge in [0.15, 0.2) is 0 Å². The van der Waals surface area contributed by atoms with Gasteiger partial charge in [0.25, 0.3) is 0 Å². The summed E-state index contributed by atoms with van der Waals surface area (Å²) in [6.07, 6.45) is 4.50. The third-order valence-electron chi connectivity index (χ3n) is 3.22. The topological polar surface area (TPSA) is 56.8 Å². The van der Waals surface area contributed by atoms with E-state index < -0.39 is 0 Å². The van der Waals surface area contributed by atoms with E-state index in [1.54, 1.807) is 12.1 Å². The van der Waals surface area contributed by atoms with Crippen LogP contribution < -0.4 is 10.1 Å². The Balaban J connectivity index is 1.92. The molecule has 0 aliphatic carbocycles. The van der Waals surface area contributed by atoms with Gasteiger partial charge >= 0.3 is 0 Å². The van der Waals surface area contributed by atoms with Gasteiger partial charge in [0.2, 0.25) is 5.91 Å². The second kappa shape index (κ2) is 14.1. The smallest absolute Gasteiger partial charge is 0.221 e. The van der Waals surface area contributed by atoms with Gasteiger partial charge in [-0.25, -0.2) is 0 Å². The SMILES string of the molecule is CC(=O)Nc1ccc(OCCOCCOCCCCCCCl)cc1. The first-order valence-electron chi connectivity index (χ1n) is 8.44. The number of anilines is 1. The molecule has 0 aromatic heterocycles. The Morgan fingerprint density at radius 2 is 1.54 bits per heavy atom. The minimum atomic E-state index is -0.0884. The van der Waals surface area contributed by atoms with Gasteiger partial charge in [-0.2, -0.15) is 0 Å². The van der Waals surface area contributed by atoms with Gasteiger partial charge in [0.1, 0.15) is 12.4 Å².